The van der Waals surface area contributed by atoms with Crippen molar-refractivity contribution in [3.05, 3.63) is 34.3 Å². The Morgan fingerprint density at radius 3 is 1.90 bits per heavy atom. The zero-order chi connectivity index (χ0) is 15.5. The Morgan fingerprint density at radius 1 is 0.905 bits per heavy atom. The van der Waals surface area contributed by atoms with E-state index in [4.69, 9.17) is 0 Å². The van der Waals surface area contributed by atoms with Gasteiger partial charge in [0.2, 0.25) is 0 Å². The van der Waals surface area contributed by atoms with Crippen molar-refractivity contribution < 1.29 is 0 Å². The van der Waals surface area contributed by atoms with Crippen molar-refractivity contribution in [3.63, 3.8) is 0 Å². The Hall–Kier alpha value is -0.340. The zero-order valence-electron chi connectivity index (χ0n) is 14.0. The minimum atomic E-state index is 0.436. The number of rotatable bonds is 11. The maximum absolute atomic E-state index is 3.86. The van der Waals surface area contributed by atoms with Crippen molar-refractivity contribution in [1.29, 1.82) is 0 Å². The lowest BCUT2D eigenvalue weighted by atomic mass is 9.99. The SMILES string of the molecule is CCCCCC(CCCCC)N[C@@H](C)c1ccc(Br)cc1. The van der Waals surface area contributed by atoms with E-state index in [9.17, 15) is 0 Å². The van der Waals surface area contributed by atoms with E-state index in [1.807, 2.05) is 0 Å². The Balaban J connectivity index is 2.49. The molecule has 0 fully saturated rings. The van der Waals surface area contributed by atoms with Gasteiger partial charge in [-0.2, -0.15) is 0 Å². The van der Waals surface area contributed by atoms with Gasteiger partial charge in [-0.05, 0) is 37.5 Å². The van der Waals surface area contributed by atoms with Gasteiger partial charge in [0.1, 0.15) is 0 Å². The minimum Gasteiger partial charge on any atom is -0.307 e. The molecule has 1 nitrogen and oxygen atoms in total. The van der Waals surface area contributed by atoms with Gasteiger partial charge in [0.15, 0.2) is 0 Å². The molecule has 2 heteroatoms. The first-order chi connectivity index (χ1) is 10.2. The molecule has 0 saturated heterocycles. The van der Waals surface area contributed by atoms with Crippen LogP contribution < -0.4 is 5.32 Å². The third-order valence-electron chi connectivity index (χ3n) is 4.17. The van der Waals surface area contributed by atoms with Crippen LogP contribution in [0.1, 0.15) is 83.7 Å². The quantitative estimate of drug-likeness (QED) is 0.440. The predicted octanol–water partition coefficient (Wildman–Crippen LogP) is 6.63. The molecule has 1 aromatic carbocycles. The van der Waals surface area contributed by atoms with Gasteiger partial charge >= 0.3 is 0 Å². The van der Waals surface area contributed by atoms with Crippen LogP contribution in [0.25, 0.3) is 0 Å². The third-order valence-corrected chi connectivity index (χ3v) is 4.70. The van der Waals surface area contributed by atoms with Crippen LogP contribution in [0.2, 0.25) is 0 Å². The Labute approximate surface area is 140 Å². The normalized spacial score (nSPS) is 12.8. The summed E-state index contributed by atoms with van der Waals surface area (Å²) in [6.45, 7) is 6.85. The lowest BCUT2D eigenvalue weighted by Crippen LogP contribution is -2.31. The molecule has 0 aliphatic carbocycles. The average Bonchev–Trinajstić information content (AvgIpc) is 2.48. The standard InChI is InChI=1S/C19H32BrN/c1-4-6-8-10-19(11-9-7-5-2)21-16(3)17-12-14-18(20)15-13-17/h12-16,19,21H,4-11H2,1-3H3/t16-/m0/s1. The summed E-state index contributed by atoms with van der Waals surface area (Å²) in [5.74, 6) is 0. The molecule has 0 amide bonds. The summed E-state index contributed by atoms with van der Waals surface area (Å²) >= 11 is 3.51. The molecule has 0 spiro atoms. The van der Waals surface area contributed by atoms with Crippen LogP contribution in [0.4, 0.5) is 0 Å². The van der Waals surface area contributed by atoms with Crippen LogP contribution in [0.5, 0.6) is 0 Å². The van der Waals surface area contributed by atoms with E-state index < -0.39 is 0 Å². The number of unbranched alkanes of at least 4 members (excludes halogenated alkanes) is 4. The van der Waals surface area contributed by atoms with Gasteiger partial charge in [-0.1, -0.05) is 80.4 Å². The molecule has 1 aromatic rings. The second-order valence-corrected chi connectivity index (χ2v) is 7.04. The summed E-state index contributed by atoms with van der Waals surface area (Å²) < 4.78 is 1.15. The highest BCUT2D eigenvalue weighted by molar-refractivity contribution is 9.10. The number of hydrogen-bond donors (Lipinski definition) is 1. The van der Waals surface area contributed by atoms with Crippen LogP contribution in [0.15, 0.2) is 28.7 Å². The van der Waals surface area contributed by atoms with E-state index in [-0.39, 0.29) is 0 Å². The van der Waals surface area contributed by atoms with Crippen molar-refractivity contribution >= 4 is 15.9 Å². The number of benzene rings is 1. The highest BCUT2D eigenvalue weighted by atomic mass is 79.9. The van der Waals surface area contributed by atoms with Crippen LogP contribution in [-0.4, -0.2) is 6.04 Å². The first kappa shape index (κ1) is 18.7. The maximum atomic E-state index is 3.86. The monoisotopic (exact) mass is 353 g/mol. The molecular formula is C19H32BrN. The van der Waals surface area contributed by atoms with Crippen LogP contribution in [0, 0.1) is 0 Å². The van der Waals surface area contributed by atoms with E-state index >= 15 is 0 Å². The van der Waals surface area contributed by atoms with E-state index in [0.717, 1.165) is 4.47 Å². The summed E-state index contributed by atoms with van der Waals surface area (Å²) in [6, 6.07) is 9.81. The molecule has 0 aromatic heterocycles. The van der Waals surface area contributed by atoms with Gasteiger partial charge in [-0.3, -0.25) is 0 Å². The average molecular weight is 354 g/mol. The fraction of sp³-hybridized carbons (Fsp3) is 0.684. The lowest BCUT2D eigenvalue weighted by molar-refractivity contribution is 0.384. The second-order valence-electron chi connectivity index (χ2n) is 6.13. The summed E-state index contributed by atoms with van der Waals surface area (Å²) in [5.41, 5.74) is 1.38. The molecule has 1 atom stereocenters. The van der Waals surface area contributed by atoms with Crippen molar-refractivity contribution in [2.75, 3.05) is 0 Å². The van der Waals surface area contributed by atoms with Gasteiger partial charge < -0.3 is 5.32 Å². The van der Waals surface area contributed by atoms with Crippen LogP contribution in [-0.2, 0) is 0 Å². The van der Waals surface area contributed by atoms with Crippen LogP contribution in [0.3, 0.4) is 0 Å². The third kappa shape index (κ3) is 8.01. The van der Waals surface area contributed by atoms with Gasteiger partial charge in [-0.25, -0.2) is 0 Å². The van der Waals surface area contributed by atoms with Crippen molar-refractivity contribution in [2.45, 2.75) is 84.2 Å². The largest absolute Gasteiger partial charge is 0.307 e. The maximum Gasteiger partial charge on any atom is 0.0294 e. The van der Waals surface area contributed by atoms with Gasteiger partial charge in [0, 0.05) is 16.6 Å². The lowest BCUT2D eigenvalue weighted by Gasteiger charge is -2.24. The molecule has 120 valence electrons. The second kappa shape index (κ2) is 11.3. The molecule has 21 heavy (non-hydrogen) atoms. The number of nitrogens with one attached hydrogen (secondary N) is 1. The van der Waals surface area contributed by atoms with Gasteiger partial charge in [0.25, 0.3) is 0 Å². The summed E-state index contributed by atoms with van der Waals surface area (Å²) in [5, 5.41) is 3.86. The van der Waals surface area contributed by atoms with Crippen molar-refractivity contribution in [1.82, 2.24) is 5.32 Å². The first-order valence-electron chi connectivity index (χ1n) is 8.68. The number of hydrogen-bond acceptors (Lipinski definition) is 1. The van der Waals surface area contributed by atoms with E-state index in [0.29, 0.717) is 12.1 Å². The van der Waals surface area contributed by atoms with Crippen molar-refractivity contribution in [2.24, 2.45) is 0 Å². The Morgan fingerprint density at radius 2 is 1.43 bits per heavy atom. The molecule has 0 aliphatic heterocycles. The summed E-state index contributed by atoms with van der Waals surface area (Å²) in [4.78, 5) is 0. The highest BCUT2D eigenvalue weighted by Crippen LogP contribution is 2.19. The molecule has 0 bridgehead atoms. The van der Waals surface area contributed by atoms with E-state index in [1.165, 1.54) is 56.9 Å². The topological polar surface area (TPSA) is 12.0 Å². The van der Waals surface area contributed by atoms with Crippen molar-refractivity contribution in [3.8, 4) is 0 Å². The first-order valence-corrected chi connectivity index (χ1v) is 9.48. The highest BCUT2D eigenvalue weighted by Gasteiger charge is 2.13. The van der Waals surface area contributed by atoms with Crippen LogP contribution >= 0.6 is 15.9 Å². The molecule has 0 aliphatic rings. The number of halogens is 1. The Bertz CT molecular complexity index is 350. The smallest absolute Gasteiger partial charge is 0.0294 e. The molecule has 0 unspecified atom stereocenters. The molecule has 1 N–H and O–H groups in total. The molecule has 0 heterocycles. The minimum absolute atomic E-state index is 0.436. The molecule has 0 radical (unpaired) electrons. The molecular weight excluding hydrogens is 322 g/mol. The molecule has 0 saturated carbocycles. The summed E-state index contributed by atoms with van der Waals surface area (Å²) in [6.07, 6.45) is 10.7. The summed E-state index contributed by atoms with van der Waals surface area (Å²) in [7, 11) is 0. The molecule has 1 rings (SSSR count). The van der Waals surface area contributed by atoms with E-state index in [2.05, 4.69) is 66.3 Å². The van der Waals surface area contributed by atoms with Gasteiger partial charge in [-0.15, -0.1) is 0 Å². The zero-order valence-corrected chi connectivity index (χ0v) is 15.6. The van der Waals surface area contributed by atoms with E-state index in [1.54, 1.807) is 0 Å². The van der Waals surface area contributed by atoms with Gasteiger partial charge in [0.05, 0.1) is 0 Å². The fourth-order valence-corrected chi connectivity index (χ4v) is 3.06. The predicted molar refractivity (Wildman–Crippen MR) is 97.8 cm³/mol. The fourth-order valence-electron chi connectivity index (χ4n) is 2.79. The Kier molecular flexibility index (Phi) is 10.0.